The summed E-state index contributed by atoms with van der Waals surface area (Å²) in [5.74, 6) is 3.25. The molecule has 3 N–H and O–H groups in total. The first kappa shape index (κ1) is 13.3. The molecule has 1 aromatic rings. The van der Waals surface area contributed by atoms with Gasteiger partial charge in [0.05, 0.1) is 0 Å². The molecule has 0 aromatic carbocycles. The van der Waals surface area contributed by atoms with E-state index in [1.54, 1.807) is 0 Å². The molecule has 1 rings (SSSR count). The summed E-state index contributed by atoms with van der Waals surface area (Å²) in [7, 11) is 0. The molecule has 1 aromatic heterocycles. The van der Waals surface area contributed by atoms with Crippen LogP contribution in [0.15, 0.2) is 16.5 Å². The third kappa shape index (κ3) is 4.37. The lowest BCUT2D eigenvalue weighted by molar-refractivity contribution is 0.369. The van der Waals surface area contributed by atoms with Crippen LogP contribution in [-0.4, -0.2) is 19.6 Å². The quantitative estimate of drug-likeness (QED) is 0.696. The van der Waals surface area contributed by atoms with Gasteiger partial charge in [0.1, 0.15) is 11.5 Å². The standard InChI is InChI=1S/C13H24N2O/c1-10(2)12(8-14)9-15-7-6-13-5-4-11(3)16-13/h4-5,10,12,15H,6-9,14H2,1-3H3. The van der Waals surface area contributed by atoms with E-state index in [0.29, 0.717) is 11.8 Å². The van der Waals surface area contributed by atoms with E-state index in [1.165, 1.54) is 0 Å². The highest BCUT2D eigenvalue weighted by atomic mass is 16.3. The monoisotopic (exact) mass is 224 g/mol. The van der Waals surface area contributed by atoms with Gasteiger partial charge in [-0.05, 0) is 44.0 Å². The van der Waals surface area contributed by atoms with Crippen LogP contribution in [0.4, 0.5) is 0 Å². The predicted molar refractivity (Wildman–Crippen MR) is 67.4 cm³/mol. The van der Waals surface area contributed by atoms with Crippen molar-refractivity contribution in [1.29, 1.82) is 0 Å². The predicted octanol–water partition coefficient (Wildman–Crippen LogP) is 1.95. The molecule has 92 valence electrons. The second-order valence-electron chi connectivity index (χ2n) is 4.71. The summed E-state index contributed by atoms with van der Waals surface area (Å²) in [6.45, 7) is 9.11. The molecule has 0 aliphatic heterocycles. The second kappa shape index (κ2) is 6.71. The normalized spacial score (nSPS) is 13.3. The Kier molecular flexibility index (Phi) is 5.56. The van der Waals surface area contributed by atoms with Crippen molar-refractivity contribution in [2.24, 2.45) is 17.6 Å². The molecule has 0 saturated heterocycles. The maximum atomic E-state index is 5.71. The summed E-state index contributed by atoms with van der Waals surface area (Å²) in [6, 6.07) is 4.05. The molecular formula is C13H24N2O. The van der Waals surface area contributed by atoms with Crippen LogP contribution in [0.5, 0.6) is 0 Å². The molecule has 16 heavy (non-hydrogen) atoms. The molecule has 0 amide bonds. The third-order valence-corrected chi connectivity index (χ3v) is 3.00. The maximum Gasteiger partial charge on any atom is 0.105 e. The SMILES string of the molecule is Cc1ccc(CCNCC(CN)C(C)C)o1. The van der Waals surface area contributed by atoms with Crippen LogP contribution in [0.1, 0.15) is 25.4 Å². The largest absolute Gasteiger partial charge is 0.466 e. The first-order valence-electron chi connectivity index (χ1n) is 6.09. The van der Waals surface area contributed by atoms with Crippen molar-refractivity contribution in [1.82, 2.24) is 5.32 Å². The minimum atomic E-state index is 0.568. The van der Waals surface area contributed by atoms with Crippen molar-refractivity contribution in [3.63, 3.8) is 0 Å². The zero-order valence-electron chi connectivity index (χ0n) is 10.6. The van der Waals surface area contributed by atoms with Crippen LogP contribution < -0.4 is 11.1 Å². The van der Waals surface area contributed by atoms with Gasteiger partial charge in [-0.2, -0.15) is 0 Å². The van der Waals surface area contributed by atoms with Crippen LogP contribution in [0.25, 0.3) is 0 Å². The smallest absolute Gasteiger partial charge is 0.105 e. The van der Waals surface area contributed by atoms with E-state index < -0.39 is 0 Å². The van der Waals surface area contributed by atoms with Crippen LogP contribution in [0, 0.1) is 18.8 Å². The molecule has 0 aliphatic carbocycles. The minimum Gasteiger partial charge on any atom is -0.466 e. The summed E-state index contributed by atoms with van der Waals surface area (Å²) < 4.78 is 5.50. The van der Waals surface area contributed by atoms with Gasteiger partial charge < -0.3 is 15.5 Å². The molecule has 3 nitrogen and oxygen atoms in total. The van der Waals surface area contributed by atoms with E-state index in [1.807, 2.05) is 19.1 Å². The van der Waals surface area contributed by atoms with E-state index in [2.05, 4.69) is 19.2 Å². The Morgan fingerprint density at radius 3 is 2.62 bits per heavy atom. The second-order valence-corrected chi connectivity index (χ2v) is 4.71. The summed E-state index contributed by atoms with van der Waals surface area (Å²) in [6.07, 6.45) is 0.948. The number of aryl methyl sites for hydroxylation is 1. The lowest BCUT2D eigenvalue weighted by Gasteiger charge is -2.19. The van der Waals surface area contributed by atoms with Crippen LogP contribution in [0.3, 0.4) is 0 Å². The van der Waals surface area contributed by atoms with Gasteiger partial charge in [0, 0.05) is 13.0 Å². The first-order valence-corrected chi connectivity index (χ1v) is 6.09. The van der Waals surface area contributed by atoms with Crippen molar-refractivity contribution in [3.05, 3.63) is 23.7 Å². The Morgan fingerprint density at radius 1 is 1.38 bits per heavy atom. The lowest BCUT2D eigenvalue weighted by atomic mass is 9.96. The highest BCUT2D eigenvalue weighted by molar-refractivity contribution is 5.05. The Morgan fingerprint density at radius 2 is 2.12 bits per heavy atom. The summed E-state index contributed by atoms with van der Waals surface area (Å²) >= 11 is 0. The fourth-order valence-corrected chi connectivity index (χ4v) is 1.71. The lowest BCUT2D eigenvalue weighted by Crippen LogP contribution is -2.32. The number of nitrogens with two attached hydrogens (primary N) is 1. The van der Waals surface area contributed by atoms with Gasteiger partial charge in [-0.3, -0.25) is 0 Å². The average Bonchev–Trinajstić information content (AvgIpc) is 2.64. The number of furan rings is 1. The number of rotatable bonds is 7. The average molecular weight is 224 g/mol. The van der Waals surface area contributed by atoms with E-state index in [0.717, 1.165) is 37.6 Å². The molecule has 1 heterocycles. The van der Waals surface area contributed by atoms with Crippen LogP contribution in [-0.2, 0) is 6.42 Å². The molecule has 0 fully saturated rings. The summed E-state index contributed by atoms with van der Waals surface area (Å²) in [5.41, 5.74) is 5.71. The molecule has 0 spiro atoms. The van der Waals surface area contributed by atoms with Crippen LogP contribution >= 0.6 is 0 Å². The molecule has 0 aliphatic rings. The minimum absolute atomic E-state index is 0.568. The Labute approximate surface area is 98.4 Å². The highest BCUT2D eigenvalue weighted by Gasteiger charge is 2.10. The van der Waals surface area contributed by atoms with Crippen molar-refractivity contribution in [2.75, 3.05) is 19.6 Å². The topological polar surface area (TPSA) is 51.2 Å². The number of hydrogen-bond acceptors (Lipinski definition) is 3. The number of nitrogens with one attached hydrogen (secondary N) is 1. The van der Waals surface area contributed by atoms with Gasteiger partial charge in [-0.25, -0.2) is 0 Å². The summed E-state index contributed by atoms with van der Waals surface area (Å²) in [5, 5.41) is 3.44. The van der Waals surface area contributed by atoms with Gasteiger partial charge >= 0.3 is 0 Å². The first-order chi connectivity index (χ1) is 7.63. The fraction of sp³-hybridized carbons (Fsp3) is 0.692. The Balaban J connectivity index is 2.16. The zero-order valence-corrected chi connectivity index (χ0v) is 10.6. The molecule has 0 saturated carbocycles. The van der Waals surface area contributed by atoms with Crippen molar-refractivity contribution in [3.8, 4) is 0 Å². The van der Waals surface area contributed by atoms with Crippen molar-refractivity contribution >= 4 is 0 Å². The zero-order chi connectivity index (χ0) is 12.0. The molecule has 1 atom stereocenters. The van der Waals surface area contributed by atoms with Crippen molar-refractivity contribution < 1.29 is 4.42 Å². The molecule has 0 bridgehead atoms. The highest BCUT2D eigenvalue weighted by Crippen LogP contribution is 2.08. The van der Waals surface area contributed by atoms with Crippen molar-refractivity contribution in [2.45, 2.75) is 27.2 Å². The molecule has 3 heteroatoms. The molecular weight excluding hydrogens is 200 g/mol. The van der Waals surface area contributed by atoms with E-state index in [-0.39, 0.29) is 0 Å². The van der Waals surface area contributed by atoms with Crippen LogP contribution in [0.2, 0.25) is 0 Å². The fourth-order valence-electron chi connectivity index (χ4n) is 1.71. The molecule has 1 unspecified atom stereocenters. The maximum absolute atomic E-state index is 5.71. The van der Waals surface area contributed by atoms with Gasteiger partial charge in [0.25, 0.3) is 0 Å². The Hall–Kier alpha value is -0.800. The van der Waals surface area contributed by atoms with Gasteiger partial charge in [0.2, 0.25) is 0 Å². The summed E-state index contributed by atoms with van der Waals surface area (Å²) in [4.78, 5) is 0. The van der Waals surface area contributed by atoms with E-state index >= 15 is 0 Å². The van der Waals surface area contributed by atoms with Gasteiger partial charge in [-0.15, -0.1) is 0 Å². The third-order valence-electron chi connectivity index (χ3n) is 3.00. The van der Waals surface area contributed by atoms with Gasteiger partial charge in [0.15, 0.2) is 0 Å². The van der Waals surface area contributed by atoms with Gasteiger partial charge in [-0.1, -0.05) is 13.8 Å². The Bertz CT molecular complexity index is 294. The number of hydrogen-bond donors (Lipinski definition) is 2. The molecule has 0 radical (unpaired) electrons. The van der Waals surface area contributed by atoms with E-state index in [4.69, 9.17) is 10.2 Å². The van der Waals surface area contributed by atoms with E-state index in [9.17, 15) is 0 Å².